The summed E-state index contributed by atoms with van der Waals surface area (Å²) < 4.78 is 2.16. The lowest BCUT2D eigenvalue weighted by atomic mass is 10.0. The lowest BCUT2D eigenvalue weighted by Crippen LogP contribution is -2.04. The van der Waals surface area contributed by atoms with Crippen molar-refractivity contribution in [3.8, 4) is 16.8 Å². The summed E-state index contributed by atoms with van der Waals surface area (Å²) in [4.78, 5) is 9.22. The van der Waals surface area contributed by atoms with Crippen LogP contribution >= 0.6 is 11.3 Å². The van der Waals surface area contributed by atoms with E-state index in [1.54, 1.807) is 11.3 Å². The van der Waals surface area contributed by atoms with Crippen LogP contribution < -0.4 is 5.73 Å². The summed E-state index contributed by atoms with van der Waals surface area (Å²) in [5.41, 5.74) is 14.8. The largest absolute Gasteiger partial charge is 0.330 e. The van der Waals surface area contributed by atoms with Crippen molar-refractivity contribution in [1.29, 1.82) is 0 Å². The minimum absolute atomic E-state index is 0.663. The minimum atomic E-state index is 0.663. The van der Waals surface area contributed by atoms with Crippen LogP contribution in [0.1, 0.15) is 11.1 Å². The molecule has 0 amide bonds. The zero-order valence-corrected chi connectivity index (χ0v) is 16.4. The SMILES string of the molecule is Cc1cc(-n2cnc3cnc4ccc(-c5ccsc5)cc4c32)ccc1CCN. The maximum Gasteiger partial charge on any atom is 0.108 e. The van der Waals surface area contributed by atoms with E-state index in [4.69, 9.17) is 5.73 Å². The van der Waals surface area contributed by atoms with E-state index >= 15 is 0 Å². The Morgan fingerprint density at radius 2 is 1.93 bits per heavy atom. The maximum absolute atomic E-state index is 5.73. The van der Waals surface area contributed by atoms with E-state index in [9.17, 15) is 0 Å². The van der Waals surface area contributed by atoms with E-state index in [1.165, 1.54) is 22.3 Å². The van der Waals surface area contributed by atoms with E-state index in [1.807, 2.05) is 12.5 Å². The summed E-state index contributed by atoms with van der Waals surface area (Å²) in [6.07, 6.45) is 4.64. The quantitative estimate of drug-likeness (QED) is 0.468. The molecule has 0 aliphatic rings. The number of nitrogens with two attached hydrogens (primary N) is 1. The van der Waals surface area contributed by atoms with Crippen molar-refractivity contribution in [3.63, 3.8) is 0 Å². The van der Waals surface area contributed by atoms with Crippen molar-refractivity contribution >= 4 is 33.3 Å². The molecule has 0 atom stereocenters. The third-order valence-electron chi connectivity index (χ3n) is 5.25. The molecule has 0 spiro atoms. The second-order valence-corrected chi connectivity index (χ2v) is 7.78. The highest BCUT2D eigenvalue weighted by molar-refractivity contribution is 7.08. The number of imidazole rings is 1. The molecule has 5 rings (SSSR count). The fourth-order valence-electron chi connectivity index (χ4n) is 3.76. The van der Waals surface area contributed by atoms with Crippen LogP contribution in [0.3, 0.4) is 0 Å². The second-order valence-electron chi connectivity index (χ2n) is 7.00. The number of aromatic nitrogens is 3. The number of hydrogen-bond acceptors (Lipinski definition) is 4. The van der Waals surface area contributed by atoms with Crippen molar-refractivity contribution in [2.24, 2.45) is 5.73 Å². The third-order valence-corrected chi connectivity index (χ3v) is 5.93. The van der Waals surface area contributed by atoms with Crippen LogP contribution in [-0.4, -0.2) is 21.1 Å². The molecule has 0 bridgehead atoms. The predicted octanol–water partition coefficient (Wildman–Crippen LogP) is 5.11. The number of pyridine rings is 1. The Bertz CT molecular complexity index is 1290. The van der Waals surface area contributed by atoms with E-state index in [-0.39, 0.29) is 0 Å². The van der Waals surface area contributed by atoms with Crippen LogP contribution in [0, 0.1) is 6.92 Å². The zero-order chi connectivity index (χ0) is 19.1. The minimum Gasteiger partial charge on any atom is -0.330 e. The highest BCUT2D eigenvalue weighted by Crippen LogP contribution is 2.31. The number of hydrogen-bond donors (Lipinski definition) is 1. The van der Waals surface area contributed by atoms with Gasteiger partial charge in [-0.2, -0.15) is 11.3 Å². The number of thiophene rings is 1. The van der Waals surface area contributed by atoms with Crippen molar-refractivity contribution in [3.05, 3.63) is 76.9 Å². The van der Waals surface area contributed by atoms with Crippen molar-refractivity contribution in [2.75, 3.05) is 6.54 Å². The van der Waals surface area contributed by atoms with Gasteiger partial charge in [-0.1, -0.05) is 12.1 Å². The van der Waals surface area contributed by atoms with Gasteiger partial charge in [-0.15, -0.1) is 0 Å². The van der Waals surface area contributed by atoms with Gasteiger partial charge < -0.3 is 5.73 Å². The Kier molecular flexibility index (Phi) is 4.19. The molecule has 0 unspecified atom stereocenters. The summed E-state index contributed by atoms with van der Waals surface area (Å²) in [5.74, 6) is 0. The predicted molar refractivity (Wildman–Crippen MR) is 117 cm³/mol. The Hall–Kier alpha value is -3.02. The fourth-order valence-corrected chi connectivity index (χ4v) is 4.43. The van der Waals surface area contributed by atoms with E-state index < -0.39 is 0 Å². The van der Waals surface area contributed by atoms with Crippen LogP contribution in [0.5, 0.6) is 0 Å². The molecule has 4 nitrogen and oxygen atoms in total. The highest BCUT2D eigenvalue weighted by atomic mass is 32.1. The topological polar surface area (TPSA) is 56.7 Å². The third kappa shape index (κ3) is 2.80. The van der Waals surface area contributed by atoms with Crippen LogP contribution in [0.25, 0.3) is 38.8 Å². The Balaban J connectivity index is 1.74. The molecule has 0 radical (unpaired) electrons. The summed E-state index contributed by atoms with van der Waals surface area (Å²) in [6.45, 7) is 2.80. The molecule has 138 valence electrons. The van der Waals surface area contributed by atoms with Gasteiger partial charge in [-0.3, -0.25) is 9.55 Å². The molecule has 0 saturated carbocycles. The molecule has 28 heavy (non-hydrogen) atoms. The first-order valence-electron chi connectivity index (χ1n) is 9.33. The first kappa shape index (κ1) is 17.1. The average molecular weight is 385 g/mol. The summed E-state index contributed by atoms with van der Waals surface area (Å²) in [6, 6.07) is 15.1. The monoisotopic (exact) mass is 384 g/mol. The van der Waals surface area contributed by atoms with E-state index in [0.717, 1.165) is 34.0 Å². The Morgan fingerprint density at radius 3 is 2.71 bits per heavy atom. The van der Waals surface area contributed by atoms with E-state index in [2.05, 4.69) is 74.7 Å². The van der Waals surface area contributed by atoms with Gasteiger partial charge in [0, 0.05) is 11.1 Å². The lowest BCUT2D eigenvalue weighted by molar-refractivity contribution is 0.954. The van der Waals surface area contributed by atoms with Crippen molar-refractivity contribution in [1.82, 2.24) is 14.5 Å². The first-order chi connectivity index (χ1) is 13.7. The standard InChI is InChI=1S/C23H20N4S/c1-15-10-19(4-2-16(15)6-8-24)27-14-26-22-12-25-21-5-3-17(11-20(21)23(22)27)18-7-9-28-13-18/h2-5,7,9-14H,6,8,24H2,1H3. The normalized spacial score (nSPS) is 11.5. The first-order valence-corrected chi connectivity index (χ1v) is 10.3. The van der Waals surface area contributed by atoms with Gasteiger partial charge in [-0.05, 0) is 83.2 Å². The number of benzene rings is 2. The molecule has 0 aliphatic carbocycles. The summed E-state index contributed by atoms with van der Waals surface area (Å²) >= 11 is 1.71. The van der Waals surface area contributed by atoms with Gasteiger partial charge in [0.2, 0.25) is 0 Å². The number of fused-ring (bicyclic) bond motifs is 3. The zero-order valence-electron chi connectivity index (χ0n) is 15.6. The van der Waals surface area contributed by atoms with Crippen LogP contribution in [0.15, 0.2) is 65.7 Å². The second kappa shape index (κ2) is 6.86. The molecule has 3 heterocycles. The summed E-state index contributed by atoms with van der Waals surface area (Å²) in [7, 11) is 0. The summed E-state index contributed by atoms with van der Waals surface area (Å²) in [5, 5.41) is 5.39. The maximum atomic E-state index is 5.73. The molecule has 5 heteroatoms. The molecule has 0 aliphatic heterocycles. The van der Waals surface area contributed by atoms with Gasteiger partial charge in [0.1, 0.15) is 11.8 Å². The van der Waals surface area contributed by atoms with Crippen molar-refractivity contribution < 1.29 is 0 Å². The van der Waals surface area contributed by atoms with E-state index in [0.29, 0.717) is 6.54 Å². The highest BCUT2D eigenvalue weighted by Gasteiger charge is 2.12. The van der Waals surface area contributed by atoms with Gasteiger partial charge in [0.25, 0.3) is 0 Å². The molecule has 2 aromatic carbocycles. The molecule has 0 saturated heterocycles. The van der Waals surface area contributed by atoms with Gasteiger partial charge in [-0.25, -0.2) is 4.98 Å². The average Bonchev–Trinajstić information content (AvgIpc) is 3.39. The molecule has 3 aromatic heterocycles. The van der Waals surface area contributed by atoms with Crippen LogP contribution in [0.4, 0.5) is 0 Å². The van der Waals surface area contributed by atoms with Gasteiger partial charge in [0.15, 0.2) is 0 Å². The van der Waals surface area contributed by atoms with Crippen LogP contribution in [0.2, 0.25) is 0 Å². The van der Waals surface area contributed by atoms with Gasteiger partial charge in [0.05, 0.1) is 17.2 Å². The van der Waals surface area contributed by atoms with Crippen molar-refractivity contribution in [2.45, 2.75) is 13.3 Å². The number of nitrogens with zero attached hydrogens (tertiary/aromatic N) is 3. The molecular weight excluding hydrogens is 364 g/mol. The smallest absolute Gasteiger partial charge is 0.108 e. The molecule has 5 aromatic rings. The number of aryl methyl sites for hydroxylation is 1. The molecule has 2 N–H and O–H groups in total. The van der Waals surface area contributed by atoms with Crippen LogP contribution in [-0.2, 0) is 6.42 Å². The van der Waals surface area contributed by atoms with Gasteiger partial charge >= 0.3 is 0 Å². The Morgan fingerprint density at radius 1 is 1.00 bits per heavy atom. The Labute approximate surface area is 167 Å². The fraction of sp³-hybridized carbons (Fsp3) is 0.130. The molecular formula is C23H20N4S. The number of rotatable bonds is 4. The molecule has 0 fully saturated rings. The lowest BCUT2D eigenvalue weighted by Gasteiger charge is -2.11.